The molecule has 2 N–H and O–H groups in total. The second kappa shape index (κ2) is 14.3. The third kappa shape index (κ3) is 6.87. The first-order valence-electron chi connectivity index (χ1n) is 12.6. The highest BCUT2D eigenvalue weighted by molar-refractivity contribution is 6.32. The number of rotatable bonds is 7. The van der Waals surface area contributed by atoms with Crippen LogP contribution in [0.3, 0.4) is 0 Å². The van der Waals surface area contributed by atoms with Crippen LogP contribution in [0.5, 0.6) is 5.75 Å². The highest BCUT2D eigenvalue weighted by Gasteiger charge is 2.17. The van der Waals surface area contributed by atoms with Crippen LogP contribution in [0, 0.1) is 0 Å². The zero-order valence-electron chi connectivity index (χ0n) is 22.0. The quantitative estimate of drug-likeness (QED) is 0.456. The van der Waals surface area contributed by atoms with Crippen LogP contribution in [-0.2, 0) is 11.3 Å². The summed E-state index contributed by atoms with van der Waals surface area (Å²) in [4.78, 5) is 35.4. The molecule has 10 heteroatoms. The number of pyridine rings is 1. The number of hydrogen-bond donors (Lipinski definition) is 2. The van der Waals surface area contributed by atoms with Crippen molar-refractivity contribution in [1.29, 1.82) is 0 Å². The van der Waals surface area contributed by atoms with E-state index in [-0.39, 0.29) is 23.8 Å². The smallest absolute Gasteiger partial charge is 0.293 e. The maximum absolute atomic E-state index is 12.8. The second-order valence-electron chi connectivity index (χ2n) is 7.48. The number of hydrogen-bond acceptors (Lipinski definition) is 7. The van der Waals surface area contributed by atoms with Crippen LogP contribution in [0.2, 0.25) is 5.02 Å². The van der Waals surface area contributed by atoms with Gasteiger partial charge in [-0.25, -0.2) is 4.98 Å². The highest BCUT2D eigenvalue weighted by Crippen LogP contribution is 2.28. The lowest BCUT2D eigenvalue weighted by Crippen LogP contribution is -2.28. The molecule has 196 valence electrons. The summed E-state index contributed by atoms with van der Waals surface area (Å²) in [5.41, 5.74) is 1.24. The zero-order chi connectivity index (χ0) is 26.7. The van der Waals surface area contributed by atoms with E-state index in [1.165, 1.54) is 7.05 Å². The Bertz CT molecular complexity index is 1210. The number of nitrogens with one attached hydrogen (secondary N) is 2. The number of carbonyl (C=O) groups excluding carboxylic acids is 1. The molecule has 3 heterocycles. The molecular weight excluding hydrogens is 480 g/mol. The number of amides is 1. The van der Waals surface area contributed by atoms with Gasteiger partial charge in [-0.3, -0.25) is 9.59 Å². The lowest BCUT2D eigenvalue weighted by molar-refractivity contribution is -0.122. The van der Waals surface area contributed by atoms with Crippen LogP contribution >= 0.6 is 11.6 Å². The number of carbonyl (C=O) groups is 1. The average molecular weight is 517 g/mol. The van der Waals surface area contributed by atoms with Gasteiger partial charge in [0.2, 0.25) is 5.95 Å². The van der Waals surface area contributed by atoms with Crippen LogP contribution in [-0.4, -0.2) is 47.2 Å². The Hall–Kier alpha value is -3.33. The first-order valence-corrected chi connectivity index (χ1v) is 12.9. The molecule has 0 unspecified atom stereocenters. The number of halogens is 1. The number of ether oxygens (including phenoxy) is 1. The Balaban J connectivity index is 0.00000109. The van der Waals surface area contributed by atoms with E-state index >= 15 is 0 Å². The molecule has 0 bridgehead atoms. The molecule has 4 rings (SSSR count). The molecule has 1 aromatic carbocycles. The van der Waals surface area contributed by atoms with E-state index in [9.17, 15) is 9.59 Å². The molecule has 0 saturated carbocycles. The van der Waals surface area contributed by atoms with Gasteiger partial charge in [-0.2, -0.15) is 4.98 Å². The largest absolute Gasteiger partial charge is 0.478 e. The Labute approximate surface area is 217 Å². The fourth-order valence-electron chi connectivity index (χ4n) is 3.72. The maximum Gasteiger partial charge on any atom is 0.293 e. The zero-order valence-corrected chi connectivity index (χ0v) is 22.8. The van der Waals surface area contributed by atoms with Crippen molar-refractivity contribution >= 4 is 45.9 Å². The molecule has 1 amide bonds. The van der Waals surface area contributed by atoms with Gasteiger partial charge in [0.1, 0.15) is 5.02 Å². The first kappa shape index (κ1) is 28.9. The lowest BCUT2D eigenvalue weighted by atomic mass is 10.1. The SMILES string of the molecule is CC.CC.CCn1c(=O)c(OCC(=O)NC)cc2cc(Nc3nc(N4CCCC4)ncc3Cl)ccc21. The fourth-order valence-corrected chi connectivity index (χ4v) is 3.86. The van der Waals surface area contributed by atoms with E-state index in [1.54, 1.807) is 16.8 Å². The molecule has 0 atom stereocenters. The molecule has 9 nitrogen and oxygen atoms in total. The van der Waals surface area contributed by atoms with Gasteiger partial charge in [-0.05, 0) is 44.0 Å². The third-order valence-corrected chi connectivity index (χ3v) is 5.67. The summed E-state index contributed by atoms with van der Waals surface area (Å²) in [5.74, 6) is 0.981. The van der Waals surface area contributed by atoms with E-state index in [1.807, 2.05) is 52.8 Å². The van der Waals surface area contributed by atoms with E-state index in [0.29, 0.717) is 23.3 Å². The minimum Gasteiger partial charge on any atom is -0.478 e. The Morgan fingerprint density at radius 3 is 2.47 bits per heavy atom. The van der Waals surface area contributed by atoms with Crippen molar-refractivity contribution in [2.24, 2.45) is 0 Å². The number of aryl methyl sites for hydroxylation is 1. The van der Waals surface area contributed by atoms with Crippen LogP contribution in [0.15, 0.2) is 35.3 Å². The number of nitrogens with zero attached hydrogens (tertiary/aromatic N) is 4. The van der Waals surface area contributed by atoms with Crippen molar-refractivity contribution in [1.82, 2.24) is 19.9 Å². The van der Waals surface area contributed by atoms with Gasteiger partial charge in [0.05, 0.1) is 11.7 Å². The van der Waals surface area contributed by atoms with Crippen molar-refractivity contribution in [3.05, 3.63) is 45.8 Å². The molecule has 0 radical (unpaired) electrons. The minimum absolute atomic E-state index is 0.122. The molecule has 36 heavy (non-hydrogen) atoms. The predicted molar refractivity (Wildman–Crippen MR) is 148 cm³/mol. The van der Waals surface area contributed by atoms with Crippen molar-refractivity contribution < 1.29 is 9.53 Å². The van der Waals surface area contributed by atoms with Crippen molar-refractivity contribution in [3.8, 4) is 5.75 Å². The van der Waals surface area contributed by atoms with Gasteiger partial charge in [-0.15, -0.1) is 0 Å². The van der Waals surface area contributed by atoms with Crippen molar-refractivity contribution in [3.63, 3.8) is 0 Å². The molecular formula is C26H37ClN6O3. The van der Waals surface area contributed by atoms with E-state index in [4.69, 9.17) is 16.3 Å². The highest BCUT2D eigenvalue weighted by atomic mass is 35.5. The van der Waals surface area contributed by atoms with E-state index < -0.39 is 0 Å². The number of likely N-dealkylation sites (N-methyl/N-ethyl adjacent to an activating group) is 1. The number of benzene rings is 1. The Morgan fingerprint density at radius 1 is 1.14 bits per heavy atom. The van der Waals surface area contributed by atoms with Crippen molar-refractivity contribution in [2.45, 2.75) is 54.0 Å². The first-order chi connectivity index (χ1) is 17.5. The summed E-state index contributed by atoms with van der Waals surface area (Å²) in [6.07, 6.45) is 3.86. The number of aromatic nitrogens is 3. The standard InChI is InChI=1S/C22H25ClN6O3.2C2H6/c1-3-29-17-7-6-15(10-14(17)11-18(21(29)31)32-13-19(30)24-2)26-20-16(23)12-25-22(27-20)28-8-4-5-9-28;2*1-2/h6-7,10-12H,3-5,8-9,13H2,1-2H3,(H,24,30)(H,25,26,27);2*1-2H3. The summed E-state index contributed by atoms with van der Waals surface area (Å²) < 4.78 is 7.09. The van der Waals surface area contributed by atoms with Gasteiger partial charge in [0.15, 0.2) is 18.2 Å². The minimum atomic E-state index is -0.310. The van der Waals surface area contributed by atoms with Gasteiger partial charge < -0.3 is 24.8 Å². The average Bonchev–Trinajstić information content (AvgIpc) is 3.46. The summed E-state index contributed by atoms with van der Waals surface area (Å²) in [6.45, 7) is 12.0. The molecule has 2 aromatic heterocycles. The van der Waals surface area contributed by atoms with E-state index in [0.717, 1.165) is 42.5 Å². The van der Waals surface area contributed by atoms with Crippen LogP contribution in [0.4, 0.5) is 17.5 Å². The predicted octanol–water partition coefficient (Wildman–Crippen LogP) is 4.99. The van der Waals surface area contributed by atoms with Gasteiger partial charge in [-0.1, -0.05) is 39.3 Å². The summed E-state index contributed by atoms with van der Waals surface area (Å²) in [5, 5.41) is 6.94. The molecule has 0 spiro atoms. The lowest BCUT2D eigenvalue weighted by Gasteiger charge is -2.17. The van der Waals surface area contributed by atoms with Gasteiger partial charge in [0, 0.05) is 37.8 Å². The molecule has 1 aliphatic rings. The second-order valence-corrected chi connectivity index (χ2v) is 7.89. The summed E-state index contributed by atoms with van der Waals surface area (Å²) >= 11 is 6.34. The van der Waals surface area contributed by atoms with E-state index in [2.05, 4.69) is 25.5 Å². The van der Waals surface area contributed by atoms with Gasteiger partial charge in [0.25, 0.3) is 11.5 Å². The molecule has 1 fully saturated rings. The molecule has 0 aliphatic carbocycles. The monoisotopic (exact) mass is 516 g/mol. The summed E-state index contributed by atoms with van der Waals surface area (Å²) in [6, 6.07) is 7.27. The fraction of sp³-hybridized carbons (Fsp3) is 0.462. The van der Waals surface area contributed by atoms with Crippen LogP contribution in [0.25, 0.3) is 10.9 Å². The van der Waals surface area contributed by atoms with Crippen LogP contribution in [0.1, 0.15) is 47.5 Å². The molecule has 3 aromatic rings. The third-order valence-electron chi connectivity index (χ3n) is 5.40. The number of anilines is 3. The Morgan fingerprint density at radius 2 is 1.83 bits per heavy atom. The Kier molecular flexibility index (Phi) is 11.5. The van der Waals surface area contributed by atoms with Crippen molar-refractivity contribution in [2.75, 3.05) is 37.0 Å². The normalized spacial score (nSPS) is 12.2. The molecule has 1 saturated heterocycles. The maximum atomic E-state index is 12.8. The number of fused-ring (bicyclic) bond motifs is 1. The summed E-state index contributed by atoms with van der Waals surface area (Å²) in [7, 11) is 1.52. The van der Waals surface area contributed by atoms with Crippen LogP contribution < -0.4 is 25.8 Å². The molecule has 1 aliphatic heterocycles. The topological polar surface area (TPSA) is 101 Å². The van der Waals surface area contributed by atoms with Gasteiger partial charge >= 0.3 is 0 Å².